The molecule has 2 heterocycles. The molecule has 1 atom stereocenters. The molecule has 30 heavy (non-hydrogen) atoms. The van der Waals surface area contributed by atoms with E-state index in [1.807, 2.05) is 49.5 Å². The second-order valence-electron chi connectivity index (χ2n) is 7.86. The monoisotopic (exact) mass is 402 g/mol. The van der Waals surface area contributed by atoms with Gasteiger partial charge in [0.1, 0.15) is 5.76 Å². The highest BCUT2D eigenvalue weighted by Gasteiger charge is 2.46. The van der Waals surface area contributed by atoms with Crippen molar-refractivity contribution in [3.8, 4) is 0 Å². The molecule has 0 bridgehead atoms. The molecule has 4 rings (SSSR count). The van der Waals surface area contributed by atoms with E-state index in [1.54, 1.807) is 17.0 Å². The number of ketones is 1. The zero-order chi connectivity index (χ0) is 21.3. The zero-order valence-electron chi connectivity index (χ0n) is 17.3. The molecule has 1 fully saturated rings. The largest absolute Gasteiger partial charge is 0.507 e. The molecule has 154 valence electrons. The molecular weight excluding hydrogens is 376 g/mol. The van der Waals surface area contributed by atoms with Gasteiger partial charge in [0.15, 0.2) is 0 Å². The number of benzene rings is 2. The number of carbonyl (C=O) groups excluding carboxylic acids is 2. The highest BCUT2D eigenvalue weighted by Crippen LogP contribution is 2.42. The third-order valence-corrected chi connectivity index (χ3v) is 5.78. The Morgan fingerprint density at radius 1 is 1.07 bits per heavy atom. The number of carbonyl (C=O) groups is 2. The molecule has 1 unspecified atom stereocenters. The average Bonchev–Trinajstić information content (AvgIpc) is 3.28. The van der Waals surface area contributed by atoms with E-state index in [4.69, 9.17) is 0 Å². The smallest absolute Gasteiger partial charge is 0.295 e. The van der Waals surface area contributed by atoms with Crippen molar-refractivity contribution in [2.24, 2.45) is 0 Å². The molecule has 2 N–H and O–H groups in total. The Morgan fingerprint density at radius 3 is 2.53 bits per heavy atom. The predicted octanol–water partition coefficient (Wildman–Crippen LogP) is 5.09. The number of hydrogen-bond acceptors (Lipinski definition) is 3. The van der Waals surface area contributed by atoms with Crippen LogP contribution in [0.3, 0.4) is 0 Å². The summed E-state index contributed by atoms with van der Waals surface area (Å²) < 4.78 is 0. The number of unbranched alkanes of at least 4 members (excludes halogenated alkanes) is 2. The number of hydrogen-bond donors (Lipinski definition) is 2. The highest BCUT2D eigenvalue weighted by molar-refractivity contribution is 6.46. The van der Waals surface area contributed by atoms with E-state index in [0.29, 0.717) is 12.1 Å². The van der Waals surface area contributed by atoms with Crippen LogP contribution >= 0.6 is 0 Å². The maximum atomic E-state index is 13.1. The van der Waals surface area contributed by atoms with Crippen molar-refractivity contribution in [3.63, 3.8) is 0 Å². The summed E-state index contributed by atoms with van der Waals surface area (Å²) in [5, 5.41) is 12.0. The fraction of sp³-hybridized carbons (Fsp3) is 0.280. The van der Waals surface area contributed by atoms with E-state index >= 15 is 0 Å². The average molecular weight is 402 g/mol. The van der Waals surface area contributed by atoms with Gasteiger partial charge in [-0.1, -0.05) is 67.8 Å². The molecule has 2 aromatic carbocycles. The Bertz CT molecular complexity index is 1120. The van der Waals surface area contributed by atoms with Crippen LogP contribution in [0.25, 0.3) is 16.7 Å². The summed E-state index contributed by atoms with van der Waals surface area (Å²) in [5.74, 6) is -1.29. The van der Waals surface area contributed by atoms with Gasteiger partial charge >= 0.3 is 0 Å². The Labute approximate surface area is 176 Å². The lowest BCUT2D eigenvalue weighted by molar-refractivity contribution is -0.139. The van der Waals surface area contributed by atoms with Crippen molar-refractivity contribution in [1.29, 1.82) is 0 Å². The lowest BCUT2D eigenvalue weighted by Gasteiger charge is -2.25. The summed E-state index contributed by atoms with van der Waals surface area (Å²) in [6.07, 6.45) is 4.65. The van der Waals surface area contributed by atoms with Crippen molar-refractivity contribution in [3.05, 3.63) is 77.0 Å². The van der Waals surface area contributed by atoms with Gasteiger partial charge in [0.25, 0.3) is 11.7 Å². The molecule has 5 heteroatoms. The molecule has 1 saturated heterocycles. The molecule has 1 aromatic heterocycles. The fourth-order valence-electron chi connectivity index (χ4n) is 4.15. The number of rotatable bonds is 6. The topological polar surface area (TPSA) is 73.4 Å². The molecule has 0 radical (unpaired) electrons. The lowest BCUT2D eigenvalue weighted by atomic mass is 9.94. The third-order valence-electron chi connectivity index (χ3n) is 5.78. The lowest BCUT2D eigenvalue weighted by Crippen LogP contribution is -2.30. The first-order valence-electron chi connectivity index (χ1n) is 10.4. The van der Waals surface area contributed by atoms with Crippen LogP contribution in [0.4, 0.5) is 0 Å². The van der Waals surface area contributed by atoms with Gasteiger partial charge < -0.3 is 15.0 Å². The highest BCUT2D eigenvalue weighted by atomic mass is 16.3. The number of para-hydroxylation sites is 1. The second-order valence-corrected chi connectivity index (χ2v) is 7.86. The van der Waals surface area contributed by atoms with Crippen LogP contribution in [0.2, 0.25) is 0 Å². The van der Waals surface area contributed by atoms with Gasteiger partial charge in [0, 0.05) is 34.8 Å². The molecule has 1 aliphatic rings. The first-order chi connectivity index (χ1) is 14.5. The molecule has 3 aromatic rings. The van der Waals surface area contributed by atoms with Gasteiger partial charge in [-0.05, 0) is 19.4 Å². The van der Waals surface area contributed by atoms with Crippen LogP contribution < -0.4 is 0 Å². The Balaban J connectivity index is 1.88. The number of aromatic nitrogens is 1. The van der Waals surface area contributed by atoms with Gasteiger partial charge in [0.2, 0.25) is 0 Å². The van der Waals surface area contributed by atoms with Crippen LogP contribution in [0, 0.1) is 6.92 Å². The van der Waals surface area contributed by atoms with E-state index < -0.39 is 17.7 Å². The van der Waals surface area contributed by atoms with Gasteiger partial charge in [-0.3, -0.25) is 9.59 Å². The van der Waals surface area contributed by atoms with E-state index in [1.165, 1.54) is 0 Å². The maximum absolute atomic E-state index is 13.1. The van der Waals surface area contributed by atoms with E-state index in [9.17, 15) is 14.7 Å². The van der Waals surface area contributed by atoms with Gasteiger partial charge in [-0.15, -0.1) is 0 Å². The normalized spacial score (nSPS) is 18.5. The molecule has 0 spiro atoms. The van der Waals surface area contributed by atoms with E-state index in [0.717, 1.165) is 41.3 Å². The molecule has 0 aliphatic carbocycles. The summed E-state index contributed by atoms with van der Waals surface area (Å²) in [6, 6.07) is 14.5. The number of aromatic amines is 1. The molecular formula is C25H26N2O3. The maximum Gasteiger partial charge on any atom is 0.295 e. The number of aryl methyl sites for hydroxylation is 1. The summed E-state index contributed by atoms with van der Waals surface area (Å²) >= 11 is 0. The standard InChI is InChI=1S/C25H26N2O3/c1-3-4-7-14-27-22(19-15-26-20-9-6-5-8-18(19)20)21(24(29)25(27)30)23(28)17-12-10-16(2)11-13-17/h5-6,8-13,15,22,26,28H,3-4,7,14H2,1-2H3/b23-21+. The SMILES string of the molecule is CCCCCN1C(=O)C(=O)/C(=C(/O)c2ccc(C)cc2)C1c1c[nH]c2ccccc12. The van der Waals surface area contributed by atoms with Crippen LogP contribution in [-0.2, 0) is 9.59 Å². The predicted molar refractivity (Wildman–Crippen MR) is 118 cm³/mol. The minimum Gasteiger partial charge on any atom is -0.507 e. The minimum atomic E-state index is -0.625. The summed E-state index contributed by atoms with van der Waals surface area (Å²) in [5.41, 5.74) is 3.51. The Hall–Kier alpha value is -3.34. The van der Waals surface area contributed by atoms with Gasteiger partial charge in [0.05, 0.1) is 11.6 Å². The van der Waals surface area contributed by atoms with Crippen LogP contribution in [-0.4, -0.2) is 33.2 Å². The third kappa shape index (κ3) is 3.41. The van der Waals surface area contributed by atoms with Crippen molar-refractivity contribution in [2.45, 2.75) is 39.2 Å². The number of H-pyrrole nitrogens is 1. The number of aliphatic hydroxyl groups excluding tert-OH is 1. The van der Waals surface area contributed by atoms with Crippen LogP contribution in [0.1, 0.15) is 48.9 Å². The van der Waals surface area contributed by atoms with Crippen molar-refractivity contribution >= 4 is 28.4 Å². The number of nitrogens with zero attached hydrogens (tertiary/aromatic N) is 1. The van der Waals surface area contributed by atoms with Crippen LogP contribution in [0.5, 0.6) is 0 Å². The second kappa shape index (κ2) is 8.19. The molecule has 1 amide bonds. The first kappa shape index (κ1) is 20.0. The number of likely N-dealkylation sites (tertiary alicyclic amines) is 1. The molecule has 5 nitrogen and oxygen atoms in total. The number of aliphatic hydroxyl groups is 1. The summed E-state index contributed by atoms with van der Waals surface area (Å²) in [6.45, 7) is 4.54. The molecule has 1 aliphatic heterocycles. The quantitative estimate of drug-likeness (QED) is 0.261. The van der Waals surface area contributed by atoms with Crippen molar-refractivity contribution in [2.75, 3.05) is 6.54 Å². The van der Waals surface area contributed by atoms with Crippen molar-refractivity contribution < 1.29 is 14.7 Å². The first-order valence-corrected chi connectivity index (χ1v) is 10.4. The Morgan fingerprint density at radius 2 is 1.80 bits per heavy atom. The fourth-order valence-corrected chi connectivity index (χ4v) is 4.15. The van der Waals surface area contributed by atoms with Crippen LogP contribution in [0.15, 0.2) is 60.3 Å². The molecule has 0 saturated carbocycles. The van der Waals surface area contributed by atoms with E-state index in [-0.39, 0.29) is 11.3 Å². The van der Waals surface area contributed by atoms with Gasteiger partial charge in [-0.25, -0.2) is 0 Å². The van der Waals surface area contributed by atoms with Gasteiger partial charge in [-0.2, -0.15) is 0 Å². The Kier molecular flexibility index (Phi) is 5.44. The number of nitrogens with one attached hydrogen (secondary N) is 1. The minimum absolute atomic E-state index is 0.123. The number of amides is 1. The van der Waals surface area contributed by atoms with E-state index in [2.05, 4.69) is 11.9 Å². The van der Waals surface area contributed by atoms with Crippen molar-refractivity contribution in [1.82, 2.24) is 9.88 Å². The summed E-state index contributed by atoms with van der Waals surface area (Å²) in [4.78, 5) is 30.9. The summed E-state index contributed by atoms with van der Waals surface area (Å²) in [7, 11) is 0. The number of fused-ring (bicyclic) bond motifs is 1. The number of Topliss-reactive ketones (excluding diaryl/α,β-unsaturated/α-hetero) is 1. The zero-order valence-corrected chi connectivity index (χ0v) is 17.3.